The van der Waals surface area contributed by atoms with Crippen LogP contribution in [-0.2, 0) is 6.54 Å². The molecule has 0 atom stereocenters. The summed E-state index contributed by atoms with van der Waals surface area (Å²) in [5.41, 5.74) is 4.32. The Morgan fingerprint density at radius 3 is 2.53 bits per heavy atom. The van der Waals surface area contributed by atoms with Crippen LogP contribution in [0.2, 0.25) is 0 Å². The summed E-state index contributed by atoms with van der Waals surface area (Å²) in [6, 6.07) is 23.5. The topological polar surface area (TPSA) is 56.4 Å². The summed E-state index contributed by atoms with van der Waals surface area (Å²) in [5.74, 6) is 1.34. The SMILES string of the molecule is CCOc1ccccc1-n1c(-c2ccccc2)cc(C(=O)NCc2ccco2)c1C. The Morgan fingerprint density at radius 2 is 1.80 bits per heavy atom. The minimum Gasteiger partial charge on any atom is -0.492 e. The normalized spacial score (nSPS) is 10.7. The predicted molar refractivity (Wildman–Crippen MR) is 117 cm³/mol. The maximum atomic E-state index is 13.0. The molecule has 152 valence electrons. The first kappa shape index (κ1) is 19.6. The van der Waals surface area contributed by atoms with Gasteiger partial charge in [0.15, 0.2) is 0 Å². The van der Waals surface area contributed by atoms with Crippen molar-refractivity contribution in [3.8, 4) is 22.7 Å². The molecule has 0 aliphatic heterocycles. The molecule has 2 aromatic heterocycles. The molecule has 0 fully saturated rings. The van der Waals surface area contributed by atoms with Crippen molar-refractivity contribution in [3.63, 3.8) is 0 Å². The molecule has 1 amide bonds. The van der Waals surface area contributed by atoms with Gasteiger partial charge in [-0.05, 0) is 49.7 Å². The zero-order valence-corrected chi connectivity index (χ0v) is 17.1. The molecule has 0 aliphatic carbocycles. The van der Waals surface area contributed by atoms with E-state index in [-0.39, 0.29) is 5.91 Å². The van der Waals surface area contributed by atoms with Crippen LogP contribution in [0.5, 0.6) is 5.75 Å². The number of ether oxygens (including phenoxy) is 1. The van der Waals surface area contributed by atoms with Gasteiger partial charge in [-0.15, -0.1) is 0 Å². The Hall–Kier alpha value is -3.73. The Labute approximate surface area is 175 Å². The van der Waals surface area contributed by atoms with Crippen LogP contribution in [0.1, 0.15) is 28.7 Å². The summed E-state index contributed by atoms with van der Waals surface area (Å²) in [6.07, 6.45) is 1.60. The number of benzene rings is 2. The van der Waals surface area contributed by atoms with E-state index in [0.717, 1.165) is 28.4 Å². The van der Waals surface area contributed by atoms with Crippen molar-refractivity contribution in [1.29, 1.82) is 0 Å². The number of carbonyl (C=O) groups excluding carboxylic acids is 1. The average molecular weight is 400 g/mol. The summed E-state index contributed by atoms with van der Waals surface area (Å²) in [5, 5.41) is 2.95. The summed E-state index contributed by atoms with van der Waals surface area (Å²) >= 11 is 0. The van der Waals surface area contributed by atoms with Crippen LogP contribution in [0, 0.1) is 6.92 Å². The van der Waals surface area contributed by atoms with Crippen LogP contribution in [0.25, 0.3) is 16.9 Å². The predicted octanol–water partition coefficient (Wildman–Crippen LogP) is 5.37. The van der Waals surface area contributed by atoms with E-state index >= 15 is 0 Å². The Balaban J connectivity index is 1.79. The first-order valence-electron chi connectivity index (χ1n) is 9.99. The molecule has 0 saturated carbocycles. The molecular formula is C25H24N2O3. The highest BCUT2D eigenvalue weighted by Gasteiger charge is 2.21. The van der Waals surface area contributed by atoms with E-state index in [9.17, 15) is 4.79 Å². The second-order valence-electron chi connectivity index (χ2n) is 6.89. The Morgan fingerprint density at radius 1 is 1.03 bits per heavy atom. The van der Waals surface area contributed by atoms with Gasteiger partial charge in [0.25, 0.3) is 5.91 Å². The fourth-order valence-electron chi connectivity index (χ4n) is 3.56. The van der Waals surface area contributed by atoms with E-state index in [2.05, 4.69) is 9.88 Å². The first-order chi connectivity index (χ1) is 14.7. The van der Waals surface area contributed by atoms with Crippen LogP contribution in [0.15, 0.2) is 83.5 Å². The van der Waals surface area contributed by atoms with Gasteiger partial charge in [-0.3, -0.25) is 4.79 Å². The summed E-state index contributed by atoms with van der Waals surface area (Å²) in [4.78, 5) is 13.0. The number of nitrogens with zero attached hydrogens (tertiary/aromatic N) is 1. The molecule has 2 heterocycles. The third kappa shape index (κ3) is 3.87. The van der Waals surface area contributed by atoms with Crippen molar-refractivity contribution in [2.24, 2.45) is 0 Å². The standard InChI is InChI=1S/C25H24N2O3/c1-3-29-24-14-8-7-13-22(24)27-18(2)21(16-23(27)19-10-5-4-6-11-19)25(28)26-17-20-12-9-15-30-20/h4-16H,3,17H2,1-2H3,(H,26,28). The zero-order valence-electron chi connectivity index (χ0n) is 17.1. The lowest BCUT2D eigenvalue weighted by Gasteiger charge is -2.16. The third-order valence-electron chi connectivity index (χ3n) is 4.97. The van der Waals surface area contributed by atoms with Gasteiger partial charge in [0.1, 0.15) is 11.5 Å². The van der Waals surface area contributed by atoms with Gasteiger partial charge in [-0.25, -0.2) is 0 Å². The maximum absolute atomic E-state index is 13.0. The number of rotatable bonds is 7. The molecule has 4 aromatic rings. The van der Waals surface area contributed by atoms with Crippen LogP contribution in [-0.4, -0.2) is 17.1 Å². The minimum atomic E-state index is -0.145. The first-order valence-corrected chi connectivity index (χ1v) is 9.99. The number of hydrogen-bond donors (Lipinski definition) is 1. The van der Waals surface area contributed by atoms with E-state index in [1.807, 2.05) is 80.6 Å². The molecular weight excluding hydrogens is 376 g/mol. The summed E-state index contributed by atoms with van der Waals surface area (Å²) in [7, 11) is 0. The number of aromatic nitrogens is 1. The van der Waals surface area contributed by atoms with E-state index in [1.165, 1.54) is 0 Å². The molecule has 0 spiro atoms. The Bertz CT molecular complexity index is 1130. The molecule has 5 heteroatoms. The quantitative estimate of drug-likeness (QED) is 0.453. The summed E-state index contributed by atoms with van der Waals surface area (Å²) < 4.78 is 13.3. The van der Waals surface area contributed by atoms with Crippen molar-refractivity contribution in [3.05, 3.63) is 96.1 Å². The van der Waals surface area contributed by atoms with Gasteiger partial charge in [-0.2, -0.15) is 0 Å². The number of hydrogen-bond acceptors (Lipinski definition) is 3. The average Bonchev–Trinajstić information content (AvgIpc) is 3.41. The lowest BCUT2D eigenvalue weighted by molar-refractivity contribution is 0.0947. The highest BCUT2D eigenvalue weighted by molar-refractivity contribution is 5.97. The van der Waals surface area contributed by atoms with Crippen LogP contribution < -0.4 is 10.1 Å². The fraction of sp³-hybridized carbons (Fsp3) is 0.160. The number of carbonyl (C=O) groups is 1. The van der Waals surface area contributed by atoms with Crippen LogP contribution >= 0.6 is 0 Å². The van der Waals surface area contributed by atoms with Gasteiger partial charge in [0.05, 0.1) is 36.4 Å². The monoisotopic (exact) mass is 400 g/mol. The lowest BCUT2D eigenvalue weighted by Crippen LogP contribution is -2.23. The molecule has 0 bridgehead atoms. The van der Waals surface area contributed by atoms with Gasteiger partial charge < -0.3 is 19.0 Å². The molecule has 4 rings (SSSR count). The molecule has 30 heavy (non-hydrogen) atoms. The van der Waals surface area contributed by atoms with Gasteiger partial charge in [-0.1, -0.05) is 42.5 Å². The third-order valence-corrected chi connectivity index (χ3v) is 4.97. The second kappa shape index (κ2) is 8.74. The van der Waals surface area contributed by atoms with Crippen molar-refractivity contribution < 1.29 is 13.9 Å². The molecule has 0 saturated heterocycles. The van der Waals surface area contributed by atoms with E-state index in [1.54, 1.807) is 12.3 Å². The number of para-hydroxylation sites is 2. The lowest BCUT2D eigenvalue weighted by atomic mass is 10.1. The van der Waals surface area contributed by atoms with E-state index < -0.39 is 0 Å². The highest BCUT2D eigenvalue weighted by atomic mass is 16.5. The van der Waals surface area contributed by atoms with Gasteiger partial charge in [0.2, 0.25) is 0 Å². The van der Waals surface area contributed by atoms with Gasteiger partial charge in [0, 0.05) is 5.69 Å². The highest BCUT2D eigenvalue weighted by Crippen LogP contribution is 2.33. The van der Waals surface area contributed by atoms with Crippen molar-refractivity contribution in [1.82, 2.24) is 9.88 Å². The van der Waals surface area contributed by atoms with Gasteiger partial charge >= 0.3 is 0 Å². The molecule has 1 N–H and O–H groups in total. The molecule has 0 radical (unpaired) electrons. The van der Waals surface area contributed by atoms with Crippen molar-refractivity contribution in [2.45, 2.75) is 20.4 Å². The second-order valence-corrected chi connectivity index (χ2v) is 6.89. The fourth-order valence-corrected chi connectivity index (χ4v) is 3.56. The molecule has 0 unspecified atom stereocenters. The van der Waals surface area contributed by atoms with Crippen LogP contribution in [0.3, 0.4) is 0 Å². The number of furan rings is 1. The minimum absolute atomic E-state index is 0.145. The molecule has 5 nitrogen and oxygen atoms in total. The smallest absolute Gasteiger partial charge is 0.253 e. The maximum Gasteiger partial charge on any atom is 0.253 e. The molecule has 2 aromatic carbocycles. The van der Waals surface area contributed by atoms with Crippen LogP contribution in [0.4, 0.5) is 0 Å². The number of nitrogens with one attached hydrogen (secondary N) is 1. The largest absolute Gasteiger partial charge is 0.492 e. The Kier molecular flexibility index (Phi) is 5.70. The van der Waals surface area contributed by atoms with E-state index in [0.29, 0.717) is 24.5 Å². The van der Waals surface area contributed by atoms with Crippen molar-refractivity contribution >= 4 is 5.91 Å². The number of amides is 1. The van der Waals surface area contributed by atoms with Crippen molar-refractivity contribution in [2.75, 3.05) is 6.61 Å². The zero-order chi connectivity index (χ0) is 20.9. The summed E-state index contributed by atoms with van der Waals surface area (Å²) in [6.45, 7) is 4.82. The molecule has 0 aliphatic rings. The van der Waals surface area contributed by atoms with E-state index in [4.69, 9.17) is 9.15 Å².